The lowest BCUT2D eigenvalue weighted by Crippen LogP contribution is -2.54. The number of carbonyl (C=O) groups is 2. The van der Waals surface area contributed by atoms with Crippen LogP contribution in [0, 0.1) is 17.3 Å². The van der Waals surface area contributed by atoms with Gasteiger partial charge in [0.15, 0.2) is 11.6 Å². The molecular weight excluding hydrogens is 368 g/mol. The minimum atomic E-state index is -1.17. The van der Waals surface area contributed by atoms with Crippen molar-refractivity contribution in [1.82, 2.24) is 0 Å². The number of hydrogen-bond acceptors (Lipinski definition) is 3. The monoisotopic (exact) mass is 392 g/mol. The first-order chi connectivity index (χ1) is 11.4. The van der Waals surface area contributed by atoms with Gasteiger partial charge in [-0.05, 0) is 74.0 Å². The third-order valence-corrected chi connectivity index (χ3v) is 7.98. The van der Waals surface area contributed by atoms with Crippen molar-refractivity contribution in [2.24, 2.45) is 17.3 Å². The second-order valence-corrected chi connectivity index (χ2v) is 8.83. The summed E-state index contributed by atoms with van der Waals surface area (Å²) in [5.41, 5.74) is 2.77. The Hall–Kier alpha value is -0.740. The maximum Gasteiger partial charge on any atom is 0.175 e. The van der Waals surface area contributed by atoms with Crippen LogP contribution in [0.3, 0.4) is 0 Å². The van der Waals surface area contributed by atoms with Gasteiger partial charge >= 0.3 is 0 Å². The highest BCUT2D eigenvalue weighted by Gasteiger charge is 2.63. The van der Waals surface area contributed by atoms with E-state index in [1.807, 2.05) is 6.08 Å². The largest absolute Gasteiger partial charge is 0.381 e. The number of fused-ring (bicyclic) bond motifs is 4. The van der Waals surface area contributed by atoms with Gasteiger partial charge in [-0.3, -0.25) is 9.59 Å². The van der Waals surface area contributed by atoms with Crippen LogP contribution in [0.15, 0.2) is 22.8 Å². The molecule has 4 heteroatoms. The molecular formula is C20H25BrO3. The van der Waals surface area contributed by atoms with E-state index in [0.717, 1.165) is 38.5 Å². The molecule has 3 nitrogen and oxygen atoms in total. The van der Waals surface area contributed by atoms with E-state index in [4.69, 9.17) is 0 Å². The van der Waals surface area contributed by atoms with Gasteiger partial charge in [0.05, 0.1) is 5.33 Å². The minimum Gasteiger partial charge on any atom is -0.381 e. The molecule has 4 atom stereocenters. The van der Waals surface area contributed by atoms with E-state index in [9.17, 15) is 14.7 Å². The quantitative estimate of drug-likeness (QED) is 0.725. The van der Waals surface area contributed by atoms with E-state index in [-0.39, 0.29) is 22.3 Å². The molecule has 0 aromatic heterocycles. The molecule has 0 spiro atoms. The molecule has 24 heavy (non-hydrogen) atoms. The van der Waals surface area contributed by atoms with E-state index < -0.39 is 5.60 Å². The van der Waals surface area contributed by atoms with Crippen LogP contribution in [0.2, 0.25) is 0 Å². The van der Waals surface area contributed by atoms with Crippen molar-refractivity contribution in [1.29, 1.82) is 0 Å². The van der Waals surface area contributed by atoms with Crippen molar-refractivity contribution in [3.63, 3.8) is 0 Å². The Labute approximate surface area is 151 Å². The average Bonchev–Trinajstić information content (AvgIpc) is 2.86. The van der Waals surface area contributed by atoms with Crippen LogP contribution in [0.4, 0.5) is 0 Å². The fraction of sp³-hybridized carbons (Fsp3) is 0.700. The smallest absolute Gasteiger partial charge is 0.175 e. The SMILES string of the molecule is C[C@]12CCC3=C4CCC(=O)C=C4CC[C@H]3[C@@H]1CC[C@]2(O)C(=O)CBr. The molecule has 2 saturated carbocycles. The Balaban J connectivity index is 1.72. The number of hydrogen-bond donors (Lipinski definition) is 1. The van der Waals surface area contributed by atoms with Crippen LogP contribution >= 0.6 is 15.9 Å². The predicted octanol–water partition coefficient (Wildman–Crippen LogP) is 3.89. The Morgan fingerprint density at radius 2 is 2.04 bits per heavy atom. The summed E-state index contributed by atoms with van der Waals surface area (Å²) >= 11 is 3.26. The second-order valence-electron chi connectivity index (χ2n) is 8.26. The van der Waals surface area contributed by atoms with Gasteiger partial charge in [-0.15, -0.1) is 0 Å². The lowest BCUT2D eigenvalue weighted by atomic mass is 9.54. The summed E-state index contributed by atoms with van der Waals surface area (Å²) in [5.74, 6) is 1.09. The zero-order valence-corrected chi connectivity index (χ0v) is 15.8. The predicted molar refractivity (Wildman–Crippen MR) is 95.9 cm³/mol. The Bertz CT molecular complexity index is 676. The highest BCUT2D eigenvalue weighted by molar-refractivity contribution is 9.09. The summed E-state index contributed by atoms with van der Waals surface area (Å²) in [7, 11) is 0. The second kappa shape index (κ2) is 5.63. The summed E-state index contributed by atoms with van der Waals surface area (Å²) in [6.45, 7) is 2.14. The highest BCUT2D eigenvalue weighted by Crippen LogP contribution is 2.63. The fourth-order valence-electron chi connectivity index (χ4n) is 6.12. The average molecular weight is 393 g/mol. The normalized spacial score (nSPS) is 41.5. The molecule has 4 rings (SSSR count). The first kappa shape index (κ1) is 16.7. The summed E-state index contributed by atoms with van der Waals surface area (Å²) in [4.78, 5) is 24.2. The Morgan fingerprint density at radius 3 is 2.79 bits per heavy atom. The summed E-state index contributed by atoms with van der Waals surface area (Å²) in [6.07, 6.45) is 8.83. The van der Waals surface area contributed by atoms with Crippen molar-refractivity contribution < 1.29 is 14.7 Å². The molecule has 0 aliphatic heterocycles. The van der Waals surface area contributed by atoms with Gasteiger partial charge in [0, 0.05) is 11.8 Å². The van der Waals surface area contributed by atoms with Gasteiger partial charge < -0.3 is 5.11 Å². The number of halogens is 1. The summed E-state index contributed by atoms with van der Waals surface area (Å²) in [5, 5.41) is 11.5. The number of alkyl halides is 1. The van der Waals surface area contributed by atoms with Gasteiger partial charge in [-0.1, -0.05) is 28.4 Å². The molecule has 4 aliphatic rings. The molecule has 0 saturated heterocycles. The van der Waals surface area contributed by atoms with Crippen molar-refractivity contribution in [3.05, 3.63) is 22.8 Å². The third-order valence-electron chi connectivity index (χ3n) is 7.47. The van der Waals surface area contributed by atoms with Crippen LogP contribution in [0.5, 0.6) is 0 Å². The van der Waals surface area contributed by atoms with Crippen molar-refractivity contribution >= 4 is 27.5 Å². The van der Waals surface area contributed by atoms with Crippen molar-refractivity contribution in [2.75, 3.05) is 5.33 Å². The number of Topliss-reactive ketones (excluding diaryl/α,β-unsaturated/α-hetero) is 1. The molecule has 4 aliphatic carbocycles. The maximum absolute atomic E-state index is 12.5. The molecule has 0 unspecified atom stereocenters. The summed E-state index contributed by atoms with van der Waals surface area (Å²) in [6, 6.07) is 0. The van der Waals surface area contributed by atoms with Crippen LogP contribution < -0.4 is 0 Å². The fourth-order valence-corrected chi connectivity index (χ4v) is 6.58. The lowest BCUT2D eigenvalue weighted by molar-refractivity contribution is -0.151. The number of carbonyl (C=O) groups excluding carboxylic acids is 2. The maximum atomic E-state index is 12.5. The Morgan fingerprint density at radius 1 is 1.25 bits per heavy atom. The third kappa shape index (κ3) is 2.11. The number of aliphatic hydroxyl groups is 1. The zero-order chi connectivity index (χ0) is 17.1. The van der Waals surface area contributed by atoms with Crippen molar-refractivity contribution in [3.8, 4) is 0 Å². The van der Waals surface area contributed by atoms with E-state index in [0.29, 0.717) is 24.7 Å². The van der Waals surface area contributed by atoms with Crippen LogP contribution in [-0.2, 0) is 9.59 Å². The van der Waals surface area contributed by atoms with Crippen molar-refractivity contribution in [2.45, 2.75) is 63.9 Å². The van der Waals surface area contributed by atoms with E-state index >= 15 is 0 Å². The molecule has 0 amide bonds. The van der Waals surface area contributed by atoms with E-state index in [1.165, 1.54) is 16.7 Å². The lowest BCUT2D eigenvalue weighted by Gasteiger charge is -2.51. The first-order valence-electron chi connectivity index (χ1n) is 9.18. The van der Waals surface area contributed by atoms with E-state index in [1.54, 1.807) is 0 Å². The minimum absolute atomic E-state index is 0.0525. The van der Waals surface area contributed by atoms with Crippen LogP contribution in [0.25, 0.3) is 0 Å². The van der Waals surface area contributed by atoms with Gasteiger partial charge in [-0.25, -0.2) is 0 Å². The Kier molecular flexibility index (Phi) is 3.92. The summed E-state index contributed by atoms with van der Waals surface area (Å²) < 4.78 is 0. The zero-order valence-electron chi connectivity index (χ0n) is 14.2. The molecule has 1 N–H and O–H groups in total. The van der Waals surface area contributed by atoms with E-state index in [2.05, 4.69) is 22.9 Å². The molecule has 0 aromatic carbocycles. The molecule has 2 fully saturated rings. The highest BCUT2D eigenvalue weighted by atomic mass is 79.9. The molecule has 0 heterocycles. The van der Waals surface area contributed by atoms with Gasteiger partial charge in [0.2, 0.25) is 0 Å². The topological polar surface area (TPSA) is 54.4 Å². The van der Waals surface area contributed by atoms with Gasteiger partial charge in [0.25, 0.3) is 0 Å². The molecule has 0 aromatic rings. The standard InChI is InChI=1S/C20H25BrO3/c1-19-8-6-15-14-5-3-13(22)10-12(14)2-4-16(15)17(19)7-9-20(19,24)18(23)11-21/h10,16-17,24H,2-9,11H2,1H3/t16-,17+,19+,20+/m1/s1. The number of rotatable bonds is 2. The molecule has 130 valence electrons. The molecule has 0 radical (unpaired) electrons. The number of allylic oxidation sites excluding steroid dienone is 4. The first-order valence-corrected chi connectivity index (χ1v) is 10.3. The van der Waals surface area contributed by atoms with Gasteiger partial charge in [-0.2, -0.15) is 0 Å². The van der Waals surface area contributed by atoms with Crippen LogP contribution in [0.1, 0.15) is 58.3 Å². The van der Waals surface area contributed by atoms with Gasteiger partial charge in [0.1, 0.15) is 5.60 Å². The van der Waals surface area contributed by atoms with Crippen LogP contribution in [-0.4, -0.2) is 27.6 Å². The molecule has 0 bridgehead atoms. The number of ketones is 2.